The van der Waals surface area contributed by atoms with Crippen LogP contribution in [0.15, 0.2) is 18.2 Å². The van der Waals surface area contributed by atoms with Gasteiger partial charge >= 0.3 is 5.97 Å². The van der Waals surface area contributed by atoms with E-state index in [1.165, 1.54) is 11.1 Å². The molecule has 0 spiro atoms. The van der Waals surface area contributed by atoms with Gasteiger partial charge in [0.05, 0.1) is 0 Å². The summed E-state index contributed by atoms with van der Waals surface area (Å²) in [5, 5.41) is 9.21. The number of benzene rings is 1. The average molecular weight is 263 g/mol. The summed E-state index contributed by atoms with van der Waals surface area (Å²) in [6, 6.07) is 6.16. The molecule has 0 amide bonds. The summed E-state index contributed by atoms with van der Waals surface area (Å²) in [6.45, 7) is 6.09. The Balaban J connectivity index is 2.02. The van der Waals surface area contributed by atoms with Gasteiger partial charge in [0.2, 0.25) is 0 Å². The van der Waals surface area contributed by atoms with Crippen LogP contribution in [0.4, 0.5) is 0 Å². The Morgan fingerprint density at radius 3 is 2.84 bits per heavy atom. The Morgan fingerprint density at radius 1 is 1.53 bits per heavy atom. The highest BCUT2D eigenvalue weighted by Gasteiger charge is 2.35. The molecule has 1 aliphatic rings. The highest BCUT2D eigenvalue weighted by molar-refractivity contribution is 5.77. The van der Waals surface area contributed by atoms with Gasteiger partial charge in [0, 0.05) is 13.0 Å². The molecule has 4 heteroatoms. The van der Waals surface area contributed by atoms with Crippen molar-refractivity contribution in [3.63, 3.8) is 0 Å². The van der Waals surface area contributed by atoms with E-state index in [9.17, 15) is 9.90 Å². The van der Waals surface area contributed by atoms with E-state index in [4.69, 9.17) is 4.74 Å². The van der Waals surface area contributed by atoms with Crippen molar-refractivity contribution in [1.29, 1.82) is 0 Å². The normalized spacial score (nSPS) is 18.3. The van der Waals surface area contributed by atoms with Crippen molar-refractivity contribution >= 4 is 5.97 Å². The van der Waals surface area contributed by atoms with Gasteiger partial charge in [-0.15, -0.1) is 0 Å². The van der Waals surface area contributed by atoms with Gasteiger partial charge in [-0.1, -0.05) is 17.7 Å². The molecule has 1 aliphatic heterocycles. The third-order valence-electron chi connectivity index (χ3n) is 3.91. The third-order valence-corrected chi connectivity index (χ3v) is 3.91. The fourth-order valence-corrected chi connectivity index (χ4v) is 2.25. The molecule has 0 aliphatic carbocycles. The second kappa shape index (κ2) is 4.85. The number of hydrogen-bond acceptors (Lipinski definition) is 3. The molecule has 0 fully saturated rings. The summed E-state index contributed by atoms with van der Waals surface area (Å²) in [5.41, 5.74) is 1.56. The van der Waals surface area contributed by atoms with Gasteiger partial charge in [0.25, 0.3) is 0 Å². The van der Waals surface area contributed by atoms with E-state index in [0.29, 0.717) is 6.54 Å². The highest BCUT2D eigenvalue weighted by atomic mass is 16.5. The van der Waals surface area contributed by atoms with Crippen LogP contribution in [0.5, 0.6) is 5.75 Å². The number of carboxylic acid groups (broad SMARTS) is 1. The summed E-state index contributed by atoms with van der Waals surface area (Å²) in [5.74, 6) is 0.110. The number of fused-ring (bicyclic) bond motifs is 1. The quantitative estimate of drug-likeness (QED) is 0.903. The summed E-state index contributed by atoms with van der Waals surface area (Å²) in [6.07, 6.45) is 0.872. The van der Waals surface area contributed by atoms with Crippen LogP contribution < -0.4 is 4.74 Å². The first-order valence-corrected chi connectivity index (χ1v) is 6.51. The zero-order chi connectivity index (χ0) is 14.2. The Kier molecular flexibility index (Phi) is 3.54. The van der Waals surface area contributed by atoms with Crippen LogP contribution in [0.3, 0.4) is 0 Å². The maximum absolute atomic E-state index is 11.2. The molecule has 1 N–H and O–H groups in total. The molecule has 0 bridgehead atoms. The summed E-state index contributed by atoms with van der Waals surface area (Å²) >= 11 is 0. The molecule has 0 radical (unpaired) electrons. The van der Waals surface area contributed by atoms with Crippen molar-refractivity contribution in [2.75, 3.05) is 13.6 Å². The lowest BCUT2D eigenvalue weighted by molar-refractivity contribution is -0.149. The van der Waals surface area contributed by atoms with E-state index < -0.39 is 11.5 Å². The predicted octanol–water partition coefficient (Wildman–Crippen LogP) is 2.09. The Hall–Kier alpha value is -1.55. The van der Waals surface area contributed by atoms with Crippen molar-refractivity contribution < 1.29 is 14.6 Å². The van der Waals surface area contributed by atoms with Crippen LogP contribution in [-0.4, -0.2) is 41.2 Å². The lowest BCUT2D eigenvalue weighted by Gasteiger charge is -2.32. The Labute approximate surface area is 114 Å². The van der Waals surface area contributed by atoms with E-state index in [1.54, 1.807) is 13.8 Å². The molecule has 19 heavy (non-hydrogen) atoms. The molecular formula is C15H21NO3. The smallest absolute Gasteiger partial charge is 0.323 e. The van der Waals surface area contributed by atoms with Crippen LogP contribution in [0.25, 0.3) is 0 Å². The number of nitrogens with zero attached hydrogens (tertiary/aromatic N) is 1. The van der Waals surface area contributed by atoms with E-state index in [1.807, 2.05) is 24.1 Å². The van der Waals surface area contributed by atoms with Crippen LogP contribution in [0.2, 0.25) is 0 Å². The van der Waals surface area contributed by atoms with Crippen molar-refractivity contribution in [2.24, 2.45) is 0 Å². The van der Waals surface area contributed by atoms with Crippen molar-refractivity contribution in [2.45, 2.75) is 38.8 Å². The Bertz CT molecular complexity index is 496. The highest BCUT2D eigenvalue weighted by Crippen LogP contribution is 2.30. The minimum absolute atomic E-state index is 0.0282. The first-order valence-electron chi connectivity index (χ1n) is 6.51. The SMILES string of the molecule is Cc1ccc2c(c1)CC(CN(C)C(C)(C)C(=O)O)O2. The van der Waals surface area contributed by atoms with Crippen molar-refractivity contribution in [3.05, 3.63) is 29.3 Å². The second-order valence-corrected chi connectivity index (χ2v) is 5.80. The molecule has 4 nitrogen and oxygen atoms in total. The minimum atomic E-state index is -0.881. The summed E-state index contributed by atoms with van der Waals surface area (Å²) < 4.78 is 5.87. The molecule has 1 aromatic carbocycles. The number of aliphatic carboxylic acids is 1. The molecule has 1 unspecified atom stereocenters. The zero-order valence-corrected chi connectivity index (χ0v) is 11.9. The fourth-order valence-electron chi connectivity index (χ4n) is 2.25. The van der Waals surface area contributed by atoms with E-state index >= 15 is 0 Å². The van der Waals surface area contributed by atoms with Crippen LogP contribution in [0, 0.1) is 6.92 Å². The number of hydrogen-bond donors (Lipinski definition) is 1. The molecule has 0 saturated carbocycles. The number of rotatable bonds is 4. The number of aryl methyl sites for hydroxylation is 1. The van der Waals surface area contributed by atoms with Crippen LogP contribution >= 0.6 is 0 Å². The van der Waals surface area contributed by atoms with Gasteiger partial charge in [0.15, 0.2) is 0 Å². The third kappa shape index (κ3) is 2.73. The van der Waals surface area contributed by atoms with Gasteiger partial charge in [-0.3, -0.25) is 9.69 Å². The van der Waals surface area contributed by atoms with E-state index in [-0.39, 0.29) is 6.10 Å². The second-order valence-electron chi connectivity index (χ2n) is 5.80. The van der Waals surface area contributed by atoms with Gasteiger partial charge < -0.3 is 9.84 Å². The van der Waals surface area contributed by atoms with Crippen LogP contribution in [0.1, 0.15) is 25.0 Å². The maximum atomic E-state index is 11.2. The standard InChI is InChI=1S/C15H21NO3/c1-10-5-6-13-11(7-10)8-12(19-13)9-16(4)15(2,3)14(17)18/h5-7,12H,8-9H2,1-4H3,(H,17,18). The van der Waals surface area contributed by atoms with E-state index in [2.05, 4.69) is 13.0 Å². The molecule has 1 heterocycles. The molecule has 1 aromatic rings. The van der Waals surface area contributed by atoms with Gasteiger partial charge in [0.1, 0.15) is 17.4 Å². The van der Waals surface area contributed by atoms with Gasteiger partial charge in [-0.25, -0.2) is 0 Å². The van der Waals surface area contributed by atoms with E-state index in [0.717, 1.165) is 12.2 Å². The molecule has 1 atom stereocenters. The van der Waals surface area contributed by atoms with Crippen molar-refractivity contribution in [1.82, 2.24) is 4.90 Å². The zero-order valence-electron chi connectivity index (χ0n) is 11.9. The topological polar surface area (TPSA) is 49.8 Å². The fraction of sp³-hybridized carbons (Fsp3) is 0.533. The number of likely N-dealkylation sites (N-methyl/N-ethyl adjacent to an activating group) is 1. The molecular weight excluding hydrogens is 242 g/mol. The molecule has 2 rings (SSSR count). The lowest BCUT2D eigenvalue weighted by Crippen LogP contribution is -2.51. The Morgan fingerprint density at radius 2 is 2.21 bits per heavy atom. The maximum Gasteiger partial charge on any atom is 0.323 e. The number of carboxylic acids is 1. The largest absolute Gasteiger partial charge is 0.488 e. The molecule has 104 valence electrons. The number of ether oxygens (including phenoxy) is 1. The average Bonchev–Trinajstić information content (AvgIpc) is 2.69. The predicted molar refractivity (Wildman–Crippen MR) is 73.6 cm³/mol. The van der Waals surface area contributed by atoms with Crippen molar-refractivity contribution in [3.8, 4) is 5.75 Å². The minimum Gasteiger partial charge on any atom is -0.488 e. The molecule has 0 aromatic heterocycles. The van der Waals surface area contributed by atoms with Gasteiger partial charge in [-0.2, -0.15) is 0 Å². The first kappa shape index (κ1) is 13.9. The number of carbonyl (C=O) groups is 1. The lowest BCUT2D eigenvalue weighted by atomic mass is 10.0. The summed E-state index contributed by atoms with van der Waals surface area (Å²) in [7, 11) is 1.83. The van der Waals surface area contributed by atoms with Crippen LogP contribution in [-0.2, 0) is 11.2 Å². The summed E-state index contributed by atoms with van der Waals surface area (Å²) in [4.78, 5) is 13.0. The first-order chi connectivity index (χ1) is 8.80. The molecule has 0 saturated heterocycles. The van der Waals surface area contributed by atoms with Gasteiger partial charge in [-0.05, 0) is 39.4 Å². The monoisotopic (exact) mass is 263 g/mol.